The summed E-state index contributed by atoms with van der Waals surface area (Å²) < 4.78 is 40.9. The second-order valence-corrected chi connectivity index (χ2v) is 10.7. The lowest BCUT2D eigenvalue weighted by atomic mass is 10.0. The third-order valence-corrected chi connectivity index (χ3v) is 7.65. The number of benzene rings is 2. The molecule has 3 N–H and O–H groups in total. The molecule has 0 bridgehead atoms. The minimum Gasteiger partial charge on any atom is -0.342 e. The Bertz CT molecular complexity index is 1310. The Morgan fingerprint density at radius 1 is 1.03 bits per heavy atom. The standard InChI is InChI=1S/C25H30FN7O3S/c1-32-15-12-21(13-16-32)33(2)24(34)17-28-37(35,36)22-9-7-20(8-10-22)30-25-27-14-11-23(31-25)29-19-5-3-18(26)4-6-19/h3-11,14,21,28H,12-13,15-17H2,1-2H3,(H2,27,29,30,31). The second kappa shape index (κ2) is 11.6. The van der Waals surface area contributed by atoms with E-state index >= 15 is 0 Å². The van der Waals surface area contributed by atoms with Gasteiger partial charge in [0.05, 0.1) is 11.4 Å². The molecule has 4 rings (SSSR count). The van der Waals surface area contributed by atoms with Crippen molar-refractivity contribution < 1.29 is 17.6 Å². The summed E-state index contributed by atoms with van der Waals surface area (Å²) in [5.41, 5.74) is 1.25. The molecule has 1 aliphatic rings. The van der Waals surface area contributed by atoms with Crippen LogP contribution in [0.25, 0.3) is 0 Å². The van der Waals surface area contributed by atoms with Crippen LogP contribution in [0.5, 0.6) is 0 Å². The molecule has 1 fully saturated rings. The summed E-state index contributed by atoms with van der Waals surface area (Å²) in [5.74, 6) is 0.205. The smallest absolute Gasteiger partial charge is 0.241 e. The summed E-state index contributed by atoms with van der Waals surface area (Å²) in [6, 6.07) is 13.7. The maximum absolute atomic E-state index is 13.1. The van der Waals surface area contributed by atoms with Crippen LogP contribution in [0.2, 0.25) is 0 Å². The highest BCUT2D eigenvalue weighted by Gasteiger charge is 2.25. The van der Waals surface area contributed by atoms with E-state index in [4.69, 9.17) is 0 Å². The van der Waals surface area contributed by atoms with Crippen molar-refractivity contribution in [2.75, 3.05) is 44.4 Å². The highest BCUT2D eigenvalue weighted by atomic mass is 32.2. The van der Waals surface area contributed by atoms with E-state index in [0.29, 0.717) is 23.1 Å². The first-order valence-corrected chi connectivity index (χ1v) is 13.3. The van der Waals surface area contributed by atoms with Gasteiger partial charge in [-0.15, -0.1) is 0 Å². The zero-order valence-electron chi connectivity index (χ0n) is 20.7. The van der Waals surface area contributed by atoms with Crippen LogP contribution < -0.4 is 15.4 Å². The molecule has 196 valence electrons. The molecule has 1 aliphatic heterocycles. The van der Waals surface area contributed by atoms with Gasteiger partial charge in [-0.3, -0.25) is 4.79 Å². The summed E-state index contributed by atoms with van der Waals surface area (Å²) in [6.45, 7) is 1.52. The Kier molecular flexibility index (Phi) is 8.31. The van der Waals surface area contributed by atoms with Crippen molar-refractivity contribution in [1.82, 2.24) is 24.5 Å². The summed E-state index contributed by atoms with van der Waals surface area (Å²) in [6.07, 6.45) is 3.30. The number of amides is 1. The SMILES string of the molecule is CN1CCC(N(C)C(=O)CNS(=O)(=O)c2ccc(Nc3nccc(Nc4ccc(F)cc4)n3)cc2)CC1. The topological polar surface area (TPSA) is 120 Å². The van der Waals surface area contributed by atoms with Gasteiger partial charge in [-0.2, -0.15) is 4.98 Å². The lowest BCUT2D eigenvalue weighted by Gasteiger charge is -2.35. The van der Waals surface area contributed by atoms with E-state index in [9.17, 15) is 17.6 Å². The minimum absolute atomic E-state index is 0.0421. The second-order valence-electron chi connectivity index (χ2n) is 8.91. The molecule has 0 unspecified atom stereocenters. The molecule has 1 aromatic heterocycles. The first-order valence-electron chi connectivity index (χ1n) is 11.9. The van der Waals surface area contributed by atoms with Crippen molar-refractivity contribution in [3.05, 3.63) is 66.6 Å². The van der Waals surface area contributed by atoms with Gasteiger partial charge < -0.3 is 20.4 Å². The van der Waals surface area contributed by atoms with Crippen LogP contribution >= 0.6 is 0 Å². The number of nitrogens with one attached hydrogen (secondary N) is 3. The van der Waals surface area contributed by atoms with Crippen LogP contribution in [0.3, 0.4) is 0 Å². The van der Waals surface area contributed by atoms with Crippen LogP contribution in [-0.4, -0.2) is 73.9 Å². The molecule has 37 heavy (non-hydrogen) atoms. The summed E-state index contributed by atoms with van der Waals surface area (Å²) in [5, 5.41) is 6.08. The fourth-order valence-corrected chi connectivity index (χ4v) is 4.94. The van der Waals surface area contributed by atoms with E-state index in [0.717, 1.165) is 25.9 Å². The maximum Gasteiger partial charge on any atom is 0.241 e. The number of nitrogens with zero attached hydrogens (tertiary/aromatic N) is 4. The number of likely N-dealkylation sites (N-methyl/N-ethyl adjacent to an activating group) is 1. The van der Waals surface area contributed by atoms with E-state index < -0.39 is 10.0 Å². The van der Waals surface area contributed by atoms with Crippen LogP contribution in [0, 0.1) is 5.82 Å². The average Bonchev–Trinajstić information content (AvgIpc) is 2.89. The maximum atomic E-state index is 13.1. The fraction of sp³-hybridized carbons (Fsp3) is 0.320. The van der Waals surface area contributed by atoms with Crippen LogP contribution in [0.15, 0.2) is 65.7 Å². The lowest BCUT2D eigenvalue weighted by Crippen LogP contribution is -2.47. The Morgan fingerprint density at radius 2 is 1.65 bits per heavy atom. The number of likely N-dealkylation sites (tertiary alicyclic amines) is 1. The van der Waals surface area contributed by atoms with Crippen LogP contribution in [0.1, 0.15) is 12.8 Å². The van der Waals surface area contributed by atoms with Gasteiger partial charge in [0.1, 0.15) is 11.6 Å². The van der Waals surface area contributed by atoms with Crippen molar-refractivity contribution >= 4 is 39.1 Å². The number of rotatable bonds is 9. The van der Waals surface area contributed by atoms with Crippen molar-refractivity contribution in [2.45, 2.75) is 23.8 Å². The Labute approximate surface area is 216 Å². The van der Waals surface area contributed by atoms with Gasteiger partial charge in [-0.1, -0.05) is 0 Å². The summed E-state index contributed by atoms with van der Waals surface area (Å²) in [4.78, 5) is 25.0. The molecule has 0 aliphatic carbocycles. The normalized spacial score (nSPS) is 14.8. The van der Waals surface area contributed by atoms with Gasteiger partial charge in [0.25, 0.3) is 0 Å². The molecule has 10 nitrogen and oxygen atoms in total. The predicted molar refractivity (Wildman–Crippen MR) is 140 cm³/mol. The van der Waals surface area contributed by atoms with Crippen molar-refractivity contribution in [2.24, 2.45) is 0 Å². The van der Waals surface area contributed by atoms with E-state index in [1.165, 1.54) is 24.3 Å². The Hall–Kier alpha value is -3.61. The lowest BCUT2D eigenvalue weighted by molar-refractivity contribution is -0.131. The molecule has 0 spiro atoms. The van der Waals surface area contributed by atoms with Crippen molar-refractivity contribution in [3.8, 4) is 0 Å². The molecule has 3 aromatic rings. The number of anilines is 4. The van der Waals surface area contributed by atoms with Gasteiger partial charge in [-0.25, -0.2) is 22.5 Å². The number of hydrogen-bond acceptors (Lipinski definition) is 8. The molecular formula is C25H30FN7O3S. The molecule has 1 amide bonds. The molecule has 2 aromatic carbocycles. The molecule has 0 saturated carbocycles. The largest absolute Gasteiger partial charge is 0.342 e. The monoisotopic (exact) mass is 527 g/mol. The van der Waals surface area contributed by atoms with Gasteiger partial charge >= 0.3 is 0 Å². The number of halogens is 1. The fourth-order valence-electron chi connectivity index (χ4n) is 3.97. The van der Waals surface area contributed by atoms with E-state index in [2.05, 4.69) is 30.2 Å². The number of carbonyl (C=O) groups is 1. The molecule has 0 radical (unpaired) electrons. The number of aromatic nitrogens is 2. The first kappa shape index (κ1) is 26.5. The Balaban J connectivity index is 1.33. The molecule has 2 heterocycles. The van der Waals surface area contributed by atoms with Crippen molar-refractivity contribution in [1.29, 1.82) is 0 Å². The number of hydrogen-bond donors (Lipinski definition) is 3. The molecule has 12 heteroatoms. The zero-order valence-corrected chi connectivity index (χ0v) is 21.5. The first-order chi connectivity index (χ1) is 17.7. The number of carbonyl (C=O) groups excluding carboxylic acids is 1. The van der Waals surface area contributed by atoms with Gasteiger partial charge in [0.2, 0.25) is 21.9 Å². The van der Waals surface area contributed by atoms with E-state index in [1.54, 1.807) is 48.5 Å². The number of piperidine rings is 1. The summed E-state index contributed by atoms with van der Waals surface area (Å²) >= 11 is 0. The molecule has 0 atom stereocenters. The highest BCUT2D eigenvalue weighted by molar-refractivity contribution is 7.89. The van der Waals surface area contributed by atoms with E-state index in [1.807, 2.05) is 7.05 Å². The summed E-state index contributed by atoms with van der Waals surface area (Å²) in [7, 11) is -0.0962. The third-order valence-electron chi connectivity index (χ3n) is 6.24. The third kappa shape index (κ3) is 7.21. The zero-order chi connectivity index (χ0) is 26.4. The van der Waals surface area contributed by atoms with E-state index in [-0.39, 0.29) is 29.2 Å². The predicted octanol–water partition coefficient (Wildman–Crippen LogP) is 2.93. The quantitative estimate of drug-likeness (QED) is 0.389. The van der Waals surface area contributed by atoms with Crippen LogP contribution in [-0.2, 0) is 14.8 Å². The average molecular weight is 528 g/mol. The van der Waals surface area contributed by atoms with Crippen LogP contribution in [0.4, 0.5) is 27.5 Å². The van der Waals surface area contributed by atoms with Gasteiger partial charge in [0, 0.05) is 30.7 Å². The number of sulfonamides is 1. The van der Waals surface area contributed by atoms with Gasteiger partial charge in [-0.05, 0) is 87.6 Å². The van der Waals surface area contributed by atoms with Crippen molar-refractivity contribution in [3.63, 3.8) is 0 Å². The van der Waals surface area contributed by atoms with Gasteiger partial charge in [0.15, 0.2) is 0 Å². The highest BCUT2D eigenvalue weighted by Crippen LogP contribution is 2.20. The molecular weight excluding hydrogens is 497 g/mol. The Morgan fingerprint density at radius 3 is 2.32 bits per heavy atom. The minimum atomic E-state index is -3.86. The molecule has 1 saturated heterocycles.